The van der Waals surface area contributed by atoms with Crippen LogP contribution in [0.3, 0.4) is 0 Å². The Labute approximate surface area is 113 Å². The van der Waals surface area contributed by atoms with Gasteiger partial charge < -0.3 is 5.11 Å². The summed E-state index contributed by atoms with van der Waals surface area (Å²) >= 11 is 0. The van der Waals surface area contributed by atoms with E-state index in [9.17, 15) is 5.11 Å². The zero-order valence-electron chi connectivity index (χ0n) is 11.7. The van der Waals surface area contributed by atoms with Gasteiger partial charge in [0, 0.05) is 0 Å². The Kier molecular flexibility index (Phi) is 3.65. The number of hydrogen-bond acceptors (Lipinski definition) is 3. The summed E-state index contributed by atoms with van der Waals surface area (Å²) in [7, 11) is 0. The maximum Gasteiger partial charge on any atom is 0.122 e. The van der Waals surface area contributed by atoms with Crippen LogP contribution in [0.25, 0.3) is 0 Å². The summed E-state index contributed by atoms with van der Waals surface area (Å²) in [4.78, 5) is 0. The minimum atomic E-state index is 0.355. The molecule has 0 bridgehead atoms. The number of azo groups is 1. The lowest BCUT2D eigenvalue weighted by Gasteiger charge is -2.13. The normalized spacial score (nSPS) is 11.2. The number of hydrogen-bond donors (Lipinski definition) is 1. The summed E-state index contributed by atoms with van der Waals surface area (Å²) in [6.07, 6.45) is 0. The van der Waals surface area contributed by atoms with Crippen LogP contribution < -0.4 is 0 Å². The Hall–Kier alpha value is -2.16. The van der Waals surface area contributed by atoms with E-state index in [0.29, 0.717) is 5.75 Å². The highest BCUT2D eigenvalue weighted by Crippen LogP contribution is 2.37. The fourth-order valence-electron chi connectivity index (χ4n) is 2.03. The number of benzene rings is 2. The molecule has 19 heavy (non-hydrogen) atoms. The monoisotopic (exact) mass is 254 g/mol. The van der Waals surface area contributed by atoms with Gasteiger partial charge in [-0.2, -0.15) is 5.11 Å². The maximum atomic E-state index is 10.0. The van der Waals surface area contributed by atoms with Crippen molar-refractivity contribution in [2.24, 2.45) is 10.2 Å². The zero-order chi connectivity index (χ0) is 14.0. The predicted molar refractivity (Wildman–Crippen MR) is 77.7 cm³/mol. The molecule has 0 unspecified atom stereocenters. The van der Waals surface area contributed by atoms with Crippen LogP contribution in [0.1, 0.15) is 22.3 Å². The molecule has 0 saturated carbocycles. The summed E-state index contributed by atoms with van der Waals surface area (Å²) in [5.41, 5.74) is 5.34. The molecule has 2 aromatic carbocycles. The van der Waals surface area contributed by atoms with Crippen molar-refractivity contribution in [1.82, 2.24) is 0 Å². The molecule has 0 aliphatic rings. The first-order chi connectivity index (χ1) is 9.02. The summed E-state index contributed by atoms with van der Waals surface area (Å²) < 4.78 is 0. The second-order valence-corrected chi connectivity index (χ2v) is 4.73. The Morgan fingerprint density at radius 2 is 1.26 bits per heavy atom. The summed E-state index contributed by atoms with van der Waals surface area (Å²) in [6.45, 7) is 7.72. The van der Waals surface area contributed by atoms with Gasteiger partial charge in [0.05, 0.1) is 11.4 Å². The van der Waals surface area contributed by atoms with Crippen LogP contribution in [0.5, 0.6) is 5.75 Å². The predicted octanol–water partition coefficient (Wildman–Crippen LogP) is 5.04. The molecular weight excluding hydrogens is 236 g/mol. The molecule has 0 fully saturated rings. The van der Waals surface area contributed by atoms with Gasteiger partial charge in [0.1, 0.15) is 5.75 Å². The van der Waals surface area contributed by atoms with Gasteiger partial charge in [0.25, 0.3) is 0 Å². The SMILES string of the molecule is Cc1c(C)c(N=Nc2ccccc2)c(C)c(C)c1O. The van der Waals surface area contributed by atoms with Gasteiger partial charge in [-0.1, -0.05) is 18.2 Å². The molecule has 0 amide bonds. The van der Waals surface area contributed by atoms with Crippen molar-refractivity contribution >= 4 is 11.4 Å². The van der Waals surface area contributed by atoms with E-state index >= 15 is 0 Å². The lowest BCUT2D eigenvalue weighted by molar-refractivity contribution is 0.466. The second-order valence-electron chi connectivity index (χ2n) is 4.73. The van der Waals surface area contributed by atoms with Crippen LogP contribution in [0.4, 0.5) is 11.4 Å². The van der Waals surface area contributed by atoms with Gasteiger partial charge in [-0.3, -0.25) is 0 Å². The van der Waals surface area contributed by atoms with E-state index in [0.717, 1.165) is 33.6 Å². The highest BCUT2D eigenvalue weighted by molar-refractivity contribution is 5.63. The fraction of sp³-hybridized carbons (Fsp3) is 0.250. The topological polar surface area (TPSA) is 45.0 Å². The van der Waals surface area contributed by atoms with Crippen LogP contribution >= 0.6 is 0 Å². The molecule has 0 spiro atoms. The lowest BCUT2D eigenvalue weighted by Crippen LogP contribution is -1.91. The van der Waals surface area contributed by atoms with Gasteiger partial charge >= 0.3 is 0 Å². The average Bonchev–Trinajstić information content (AvgIpc) is 2.44. The molecule has 0 saturated heterocycles. The van der Waals surface area contributed by atoms with Crippen LogP contribution in [-0.4, -0.2) is 5.11 Å². The number of nitrogens with zero attached hydrogens (tertiary/aromatic N) is 2. The van der Waals surface area contributed by atoms with Crippen molar-refractivity contribution in [3.63, 3.8) is 0 Å². The van der Waals surface area contributed by atoms with Crippen molar-refractivity contribution in [2.45, 2.75) is 27.7 Å². The minimum absolute atomic E-state index is 0.355. The quantitative estimate of drug-likeness (QED) is 0.749. The van der Waals surface area contributed by atoms with Gasteiger partial charge in [-0.05, 0) is 62.1 Å². The van der Waals surface area contributed by atoms with Gasteiger partial charge in [-0.25, -0.2) is 0 Å². The van der Waals surface area contributed by atoms with Crippen LogP contribution in [0, 0.1) is 27.7 Å². The van der Waals surface area contributed by atoms with E-state index in [1.807, 2.05) is 58.0 Å². The number of phenols is 1. The van der Waals surface area contributed by atoms with Crippen molar-refractivity contribution in [3.8, 4) is 5.75 Å². The molecule has 0 atom stereocenters. The number of aromatic hydroxyl groups is 1. The summed E-state index contributed by atoms with van der Waals surface area (Å²) in [5, 5.41) is 18.6. The highest BCUT2D eigenvalue weighted by Gasteiger charge is 2.13. The van der Waals surface area contributed by atoms with Gasteiger partial charge in [-0.15, -0.1) is 5.11 Å². The Balaban J connectivity index is 2.50. The largest absolute Gasteiger partial charge is 0.507 e. The maximum absolute atomic E-state index is 10.0. The molecule has 2 aromatic rings. The third-order valence-electron chi connectivity index (χ3n) is 3.57. The van der Waals surface area contributed by atoms with E-state index in [2.05, 4.69) is 10.2 Å². The van der Waals surface area contributed by atoms with E-state index in [1.54, 1.807) is 0 Å². The summed E-state index contributed by atoms with van der Waals surface area (Å²) in [6, 6.07) is 9.63. The van der Waals surface area contributed by atoms with Gasteiger partial charge in [0.15, 0.2) is 0 Å². The molecule has 98 valence electrons. The first-order valence-electron chi connectivity index (χ1n) is 6.28. The molecule has 2 rings (SSSR count). The highest BCUT2D eigenvalue weighted by atomic mass is 16.3. The van der Waals surface area contributed by atoms with Crippen molar-refractivity contribution in [3.05, 3.63) is 52.6 Å². The molecule has 1 N–H and O–H groups in total. The van der Waals surface area contributed by atoms with E-state index in [-0.39, 0.29) is 0 Å². The Morgan fingerprint density at radius 3 is 1.79 bits per heavy atom. The Bertz CT molecular complexity index is 602. The molecular formula is C16H18N2O. The smallest absolute Gasteiger partial charge is 0.122 e. The molecule has 0 heterocycles. The van der Waals surface area contributed by atoms with Crippen LogP contribution in [0.2, 0.25) is 0 Å². The van der Waals surface area contributed by atoms with E-state index < -0.39 is 0 Å². The average molecular weight is 254 g/mol. The molecule has 3 nitrogen and oxygen atoms in total. The standard InChI is InChI=1S/C16H18N2O/c1-10-12(3)16(19)13(4)11(2)15(10)18-17-14-8-6-5-7-9-14/h5-9,19H,1-4H3. The molecule has 0 aromatic heterocycles. The van der Waals surface area contributed by atoms with Gasteiger partial charge in [0.2, 0.25) is 0 Å². The lowest BCUT2D eigenvalue weighted by atomic mass is 9.97. The zero-order valence-corrected chi connectivity index (χ0v) is 11.7. The van der Waals surface area contributed by atoms with Crippen molar-refractivity contribution < 1.29 is 5.11 Å². The Morgan fingerprint density at radius 1 is 0.737 bits per heavy atom. The molecule has 0 aliphatic carbocycles. The van der Waals surface area contributed by atoms with Crippen molar-refractivity contribution in [2.75, 3.05) is 0 Å². The van der Waals surface area contributed by atoms with E-state index in [1.165, 1.54) is 0 Å². The summed E-state index contributed by atoms with van der Waals surface area (Å²) in [5.74, 6) is 0.355. The third-order valence-corrected chi connectivity index (χ3v) is 3.57. The van der Waals surface area contributed by atoms with Crippen molar-refractivity contribution in [1.29, 1.82) is 0 Å². The second kappa shape index (κ2) is 5.22. The van der Waals surface area contributed by atoms with E-state index in [4.69, 9.17) is 0 Å². The number of phenolic OH excluding ortho intramolecular Hbond substituents is 1. The first kappa shape index (κ1) is 13.3. The minimum Gasteiger partial charge on any atom is -0.507 e. The number of rotatable bonds is 2. The molecule has 0 radical (unpaired) electrons. The van der Waals surface area contributed by atoms with Crippen LogP contribution in [0.15, 0.2) is 40.6 Å². The first-order valence-corrected chi connectivity index (χ1v) is 6.28. The third kappa shape index (κ3) is 2.50. The fourth-order valence-corrected chi connectivity index (χ4v) is 2.03. The molecule has 0 aliphatic heterocycles. The van der Waals surface area contributed by atoms with Crippen LogP contribution in [-0.2, 0) is 0 Å². The molecule has 3 heteroatoms.